The Hall–Kier alpha value is -2.15. The molecule has 16 heavy (non-hydrogen) atoms. The van der Waals surface area contributed by atoms with Crippen LogP contribution in [0.3, 0.4) is 0 Å². The van der Waals surface area contributed by atoms with E-state index in [0.717, 1.165) is 5.56 Å². The van der Waals surface area contributed by atoms with E-state index in [9.17, 15) is 9.18 Å². The minimum Gasteiger partial charge on any atom is -0.339 e. The third-order valence-electron chi connectivity index (χ3n) is 1.94. The van der Waals surface area contributed by atoms with E-state index >= 15 is 0 Å². The van der Waals surface area contributed by atoms with Crippen molar-refractivity contribution in [2.24, 2.45) is 0 Å². The van der Waals surface area contributed by atoms with Gasteiger partial charge in [0.1, 0.15) is 12.4 Å². The molecule has 0 atom stereocenters. The first-order chi connectivity index (χ1) is 7.63. The fourth-order valence-corrected chi connectivity index (χ4v) is 1.13. The second-order valence-corrected chi connectivity index (χ2v) is 3.22. The minimum atomic E-state index is -0.316. The van der Waals surface area contributed by atoms with Gasteiger partial charge in [-0.3, -0.25) is 4.79 Å². The largest absolute Gasteiger partial charge is 0.339 e. The van der Waals surface area contributed by atoms with Crippen LogP contribution in [0, 0.1) is 17.1 Å². The Morgan fingerprint density at radius 1 is 1.50 bits per heavy atom. The molecule has 0 aliphatic heterocycles. The van der Waals surface area contributed by atoms with Crippen molar-refractivity contribution in [3.63, 3.8) is 0 Å². The molecular weight excluding hydrogens is 207 g/mol. The first-order valence-corrected chi connectivity index (χ1v) is 4.72. The first kappa shape index (κ1) is 11.9. The quantitative estimate of drug-likeness (QED) is 0.622. The molecule has 0 aliphatic rings. The summed E-state index contributed by atoms with van der Waals surface area (Å²) in [6.07, 6.45) is 1.63. The summed E-state index contributed by atoms with van der Waals surface area (Å²) < 4.78 is 12.6. The Morgan fingerprint density at radius 3 is 2.69 bits per heavy atom. The molecule has 0 saturated heterocycles. The summed E-state index contributed by atoms with van der Waals surface area (Å²) in [6.45, 7) is 1.61. The molecule has 0 saturated carbocycles. The molecule has 1 amide bonds. The molecule has 0 aliphatic carbocycles. The highest BCUT2D eigenvalue weighted by atomic mass is 19.1. The highest BCUT2D eigenvalue weighted by Crippen LogP contribution is 2.08. The molecule has 82 valence electrons. The van der Waals surface area contributed by atoms with Gasteiger partial charge in [0.15, 0.2) is 0 Å². The Bertz CT molecular complexity index is 443. The van der Waals surface area contributed by atoms with E-state index in [1.165, 1.54) is 12.1 Å². The van der Waals surface area contributed by atoms with Crippen molar-refractivity contribution in [3.8, 4) is 6.07 Å². The van der Waals surface area contributed by atoms with Gasteiger partial charge in [0.2, 0.25) is 5.91 Å². The van der Waals surface area contributed by atoms with Crippen LogP contribution in [0.5, 0.6) is 0 Å². The third kappa shape index (κ3) is 3.54. The van der Waals surface area contributed by atoms with Crippen LogP contribution in [-0.4, -0.2) is 12.5 Å². The maximum absolute atomic E-state index is 12.6. The smallest absolute Gasteiger partial charge is 0.247 e. The highest BCUT2D eigenvalue weighted by Gasteiger charge is 2.02. The lowest BCUT2D eigenvalue weighted by molar-refractivity contribution is -0.117. The molecule has 0 aromatic heterocycles. The summed E-state index contributed by atoms with van der Waals surface area (Å²) in [7, 11) is 0. The second kappa shape index (κ2) is 5.66. The number of amides is 1. The number of nitrogens with one attached hydrogen (secondary N) is 1. The molecule has 0 spiro atoms. The maximum Gasteiger partial charge on any atom is 0.247 e. The van der Waals surface area contributed by atoms with Gasteiger partial charge in [-0.2, -0.15) is 5.26 Å². The average molecular weight is 218 g/mol. The molecule has 4 heteroatoms. The van der Waals surface area contributed by atoms with E-state index in [1.54, 1.807) is 25.1 Å². The van der Waals surface area contributed by atoms with Gasteiger partial charge in [0.05, 0.1) is 6.07 Å². The number of hydrogen-bond acceptors (Lipinski definition) is 2. The topological polar surface area (TPSA) is 52.9 Å². The van der Waals surface area contributed by atoms with Gasteiger partial charge in [-0.15, -0.1) is 0 Å². The first-order valence-electron chi connectivity index (χ1n) is 4.72. The zero-order chi connectivity index (χ0) is 12.0. The maximum atomic E-state index is 12.6. The molecule has 0 radical (unpaired) electrons. The summed E-state index contributed by atoms with van der Waals surface area (Å²) in [4.78, 5) is 11.4. The van der Waals surface area contributed by atoms with Crippen molar-refractivity contribution >= 4 is 12.0 Å². The number of nitrogens with zero attached hydrogens (tertiary/aromatic N) is 1. The van der Waals surface area contributed by atoms with E-state index in [-0.39, 0.29) is 18.3 Å². The summed E-state index contributed by atoms with van der Waals surface area (Å²) >= 11 is 0. The average Bonchev–Trinajstić information content (AvgIpc) is 2.29. The van der Waals surface area contributed by atoms with Crippen molar-refractivity contribution in [1.82, 2.24) is 5.32 Å². The van der Waals surface area contributed by atoms with Crippen LogP contribution in [0.4, 0.5) is 4.39 Å². The van der Waals surface area contributed by atoms with Crippen LogP contribution in [0.2, 0.25) is 0 Å². The van der Waals surface area contributed by atoms with Crippen molar-refractivity contribution in [3.05, 3.63) is 41.2 Å². The molecule has 0 unspecified atom stereocenters. The predicted molar refractivity (Wildman–Crippen MR) is 58.7 cm³/mol. The van der Waals surface area contributed by atoms with Gasteiger partial charge in [-0.25, -0.2) is 4.39 Å². The fraction of sp³-hybridized carbons (Fsp3) is 0.167. The summed E-state index contributed by atoms with van der Waals surface area (Å²) in [6, 6.07) is 7.63. The monoisotopic (exact) mass is 218 g/mol. The van der Waals surface area contributed by atoms with E-state index < -0.39 is 0 Å². The number of hydrogen-bond donors (Lipinski definition) is 1. The zero-order valence-corrected chi connectivity index (χ0v) is 8.83. The SMILES string of the molecule is CC(=Cc1ccc(F)cc1)C(=O)NCC#N. The van der Waals surface area contributed by atoms with Gasteiger partial charge in [0, 0.05) is 5.57 Å². The van der Waals surface area contributed by atoms with Crippen molar-refractivity contribution in [2.75, 3.05) is 6.54 Å². The number of benzene rings is 1. The van der Waals surface area contributed by atoms with Crippen LogP contribution in [0.25, 0.3) is 6.08 Å². The number of nitriles is 1. The predicted octanol–water partition coefficient (Wildman–Crippen LogP) is 1.87. The van der Waals surface area contributed by atoms with Crippen LogP contribution >= 0.6 is 0 Å². The molecular formula is C12H11FN2O. The van der Waals surface area contributed by atoms with E-state index in [4.69, 9.17) is 5.26 Å². The third-order valence-corrected chi connectivity index (χ3v) is 1.94. The van der Waals surface area contributed by atoms with E-state index in [0.29, 0.717) is 5.57 Å². The Labute approximate surface area is 93.2 Å². The zero-order valence-electron chi connectivity index (χ0n) is 8.83. The Kier molecular flexibility index (Phi) is 4.22. The van der Waals surface area contributed by atoms with E-state index in [1.807, 2.05) is 6.07 Å². The molecule has 0 bridgehead atoms. The van der Waals surface area contributed by atoms with Crippen molar-refractivity contribution in [2.45, 2.75) is 6.92 Å². The molecule has 0 heterocycles. The van der Waals surface area contributed by atoms with Crippen LogP contribution < -0.4 is 5.32 Å². The van der Waals surface area contributed by atoms with Crippen molar-refractivity contribution < 1.29 is 9.18 Å². The molecule has 0 fully saturated rings. The Morgan fingerprint density at radius 2 is 2.12 bits per heavy atom. The standard InChI is InChI=1S/C12H11FN2O/c1-9(12(16)15-7-6-14)8-10-2-4-11(13)5-3-10/h2-5,8H,7H2,1H3,(H,15,16). The van der Waals surface area contributed by atoms with E-state index in [2.05, 4.69) is 5.32 Å². The molecule has 1 aromatic rings. The van der Waals surface area contributed by atoms with Gasteiger partial charge in [-0.05, 0) is 30.7 Å². The summed E-state index contributed by atoms with van der Waals surface area (Å²) in [5.41, 5.74) is 1.22. The number of rotatable bonds is 3. The number of carbonyl (C=O) groups excluding carboxylic acids is 1. The van der Waals surface area contributed by atoms with Crippen LogP contribution in [-0.2, 0) is 4.79 Å². The minimum absolute atomic E-state index is 0.0204. The van der Waals surface area contributed by atoms with Crippen molar-refractivity contribution in [1.29, 1.82) is 5.26 Å². The second-order valence-electron chi connectivity index (χ2n) is 3.22. The lowest BCUT2D eigenvalue weighted by Gasteiger charge is -2.01. The number of carbonyl (C=O) groups is 1. The van der Waals surface area contributed by atoms with Gasteiger partial charge in [-0.1, -0.05) is 12.1 Å². The summed E-state index contributed by atoms with van der Waals surface area (Å²) in [5, 5.41) is 10.7. The van der Waals surface area contributed by atoms with Gasteiger partial charge >= 0.3 is 0 Å². The lowest BCUT2D eigenvalue weighted by Crippen LogP contribution is -2.23. The fourth-order valence-electron chi connectivity index (χ4n) is 1.13. The molecule has 3 nitrogen and oxygen atoms in total. The van der Waals surface area contributed by atoms with Crippen LogP contribution in [0.15, 0.2) is 29.8 Å². The molecule has 1 rings (SSSR count). The van der Waals surface area contributed by atoms with Crippen LogP contribution in [0.1, 0.15) is 12.5 Å². The normalized spacial score (nSPS) is 10.7. The Balaban J connectivity index is 2.73. The summed E-state index contributed by atoms with van der Waals surface area (Å²) in [5.74, 6) is -0.616. The number of halogens is 1. The highest BCUT2D eigenvalue weighted by molar-refractivity contribution is 5.97. The lowest BCUT2D eigenvalue weighted by atomic mass is 10.1. The van der Waals surface area contributed by atoms with Gasteiger partial charge < -0.3 is 5.32 Å². The molecule has 1 aromatic carbocycles. The van der Waals surface area contributed by atoms with Gasteiger partial charge in [0.25, 0.3) is 0 Å². The molecule has 1 N–H and O–H groups in total.